The maximum absolute atomic E-state index is 12.4. The fourth-order valence-electron chi connectivity index (χ4n) is 3.25. The van der Waals surface area contributed by atoms with Crippen molar-refractivity contribution in [2.75, 3.05) is 19.8 Å². The molecule has 2 N–H and O–H groups in total. The molecular formula is C21H25Cl2N5O2. The van der Waals surface area contributed by atoms with Gasteiger partial charge in [0.05, 0.1) is 24.6 Å². The van der Waals surface area contributed by atoms with Gasteiger partial charge in [-0.25, -0.2) is 4.68 Å². The van der Waals surface area contributed by atoms with Gasteiger partial charge in [-0.3, -0.25) is 9.78 Å². The van der Waals surface area contributed by atoms with Gasteiger partial charge in [0.15, 0.2) is 0 Å². The summed E-state index contributed by atoms with van der Waals surface area (Å²) in [5, 5.41) is 11.1. The number of nitrogens with one attached hydrogen (secondary N) is 2. The van der Waals surface area contributed by atoms with Crippen molar-refractivity contribution >= 4 is 30.7 Å². The zero-order valence-corrected chi connectivity index (χ0v) is 18.0. The standard InChI is InChI=1S/C21H23N5O2.2ClH/c27-20(12-18-15-28-11-10-23-18)24-13-17-14-26(19-4-2-1-3-5-19)25-21(17)16-6-8-22-9-7-16;;/h1-9,14,18,23H,10-13,15H2,(H,24,27);2*1H. The Kier molecular flexibility index (Phi) is 9.26. The minimum absolute atomic E-state index is 0. The lowest BCUT2D eigenvalue weighted by Gasteiger charge is -2.23. The van der Waals surface area contributed by atoms with E-state index in [1.165, 1.54) is 0 Å². The number of carbonyl (C=O) groups excluding carboxylic acids is 1. The minimum Gasteiger partial charge on any atom is -0.378 e. The maximum atomic E-state index is 12.4. The second-order valence-electron chi connectivity index (χ2n) is 6.73. The molecule has 1 aromatic carbocycles. The number of benzene rings is 1. The molecule has 4 rings (SSSR count). The zero-order valence-electron chi connectivity index (χ0n) is 16.4. The summed E-state index contributed by atoms with van der Waals surface area (Å²) in [6, 6.07) is 13.8. The molecule has 3 heterocycles. The molecule has 1 unspecified atom stereocenters. The van der Waals surface area contributed by atoms with E-state index in [4.69, 9.17) is 9.84 Å². The lowest BCUT2D eigenvalue weighted by molar-refractivity contribution is -0.122. The molecule has 1 aliphatic rings. The number of morpholine rings is 1. The van der Waals surface area contributed by atoms with Crippen LogP contribution in [-0.2, 0) is 16.1 Å². The maximum Gasteiger partial charge on any atom is 0.221 e. The fourth-order valence-corrected chi connectivity index (χ4v) is 3.25. The van der Waals surface area contributed by atoms with Crippen molar-refractivity contribution in [1.82, 2.24) is 25.4 Å². The molecule has 1 fully saturated rings. The van der Waals surface area contributed by atoms with Crippen molar-refractivity contribution in [3.05, 3.63) is 66.6 Å². The molecule has 9 heteroatoms. The van der Waals surface area contributed by atoms with Gasteiger partial charge < -0.3 is 15.4 Å². The van der Waals surface area contributed by atoms with Crippen molar-refractivity contribution in [1.29, 1.82) is 0 Å². The minimum atomic E-state index is -0.00357. The van der Waals surface area contributed by atoms with Crippen LogP contribution in [0, 0.1) is 0 Å². The lowest BCUT2D eigenvalue weighted by atomic mass is 10.1. The number of aromatic nitrogens is 3. The summed E-state index contributed by atoms with van der Waals surface area (Å²) in [5.41, 5.74) is 3.73. The first-order valence-electron chi connectivity index (χ1n) is 9.42. The topological polar surface area (TPSA) is 81.1 Å². The van der Waals surface area contributed by atoms with E-state index < -0.39 is 0 Å². The van der Waals surface area contributed by atoms with E-state index in [2.05, 4.69) is 15.6 Å². The van der Waals surface area contributed by atoms with E-state index in [1.807, 2.05) is 53.3 Å². The molecule has 160 valence electrons. The third-order valence-corrected chi connectivity index (χ3v) is 4.67. The zero-order chi connectivity index (χ0) is 19.2. The smallest absolute Gasteiger partial charge is 0.221 e. The van der Waals surface area contributed by atoms with Gasteiger partial charge in [0.2, 0.25) is 5.91 Å². The summed E-state index contributed by atoms with van der Waals surface area (Å²) in [5.74, 6) is -0.00357. The monoisotopic (exact) mass is 449 g/mol. The quantitative estimate of drug-likeness (QED) is 0.604. The number of hydrogen-bond donors (Lipinski definition) is 2. The number of pyridine rings is 1. The molecule has 2 aromatic heterocycles. The Balaban J connectivity index is 0.00000160. The highest BCUT2D eigenvalue weighted by Gasteiger charge is 2.18. The number of halogens is 2. The van der Waals surface area contributed by atoms with Crippen LogP contribution < -0.4 is 10.6 Å². The van der Waals surface area contributed by atoms with Gasteiger partial charge in [0, 0.05) is 55.3 Å². The highest BCUT2D eigenvalue weighted by molar-refractivity contribution is 5.85. The molecule has 0 bridgehead atoms. The van der Waals surface area contributed by atoms with Gasteiger partial charge in [0.1, 0.15) is 0 Å². The summed E-state index contributed by atoms with van der Waals surface area (Å²) in [6.07, 6.45) is 5.85. The molecule has 1 atom stereocenters. The number of hydrogen-bond acceptors (Lipinski definition) is 5. The normalized spacial score (nSPS) is 15.5. The molecule has 1 amide bonds. The van der Waals surface area contributed by atoms with Crippen LogP contribution in [0.15, 0.2) is 61.1 Å². The summed E-state index contributed by atoms with van der Waals surface area (Å²) >= 11 is 0. The van der Waals surface area contributed by atoms with Crippen LogP contribution in [0.4, 0.5) is 0 Å². The van der Waals surface area contributed by atoms with Gasteiger partial charge >= 0.3 is 0 Å². The van der Waals surface area contributed by atoms with Gasteiger partial charge in [-0.2, -0.15) is 5.10 Å². The van der Waals surface area contributed by atoms with Crippen molar-refractivity contribution < 1.29 is 9.53 Å². The summed E-state index contributed by atoms with van der Waals surface area (Å²) in [4.78, 5) is 16.4. The van der Waals surface area contributed by atoms with Crippen molar-refractivity contribution in [3.8, 4) is 16.9 Å². The Morgan fingerprint density at radius 3 is 2.63 bits per heavy atom. The highest BCUT2D eigenvalue weighted by Crippen LogP contribution is 2.23. The van der Waals surface area contributed by atoms with Gasteiger partial charge in [-0.1, -0.05) is 18.2 Å². The number of carbonyl (C=O) groups is 1. The SMILES string of the molecule is Cl.Cl.O=C(CC1COCCN1)NCc1cn(-c2ccccc2)nc1-c1ccncc1. The van der Waals surface area contributed by atoms with E-state index in [1.54, 1.807) is 12.4 Å². The molecule has 3 aromatic rings. The van der Waals surface area contributed by atoms with E-state index in [0.717, 1.165) is 29.1 Å². The van der Waals surface area contributed by atoms with Crippen molar-refractivity contribution in [2.45, 2.75) is 19.0 Å². The third kappa shape index (κ3) is 6.03. The van der Waals surface area contributed by atoms with E-state index >= 15 is 0 Å². The Bertz CT molecular complexity index is 916. The lowest BCUT2D eigenvalue weighted by Crippen LogP contribution is -2.44. The summed E-state index contributed by atoms with van der Waals surface area (Å²) in [6.45, 7) is 2.47. The number of amides is 1. The van der Waals surface area contributed by atoms with Gasteiger partial charge in [-0.15, -0.1) is 24.8 Å². The average Bonchev–Trinajstić information content (AvgIpc) is 3.19. The highest BCUT2D eigenvalue weighted by atomic mass is 35.5. The average molecular weight is 450 g/mol. The Morgan fingerprint density at radius 1 is 1.17 bits per heavy atom. The van der Waals surface area contributed by atoms with Crippen LogP contribution >= 0.6 is 24.8 Å². The Hall–Kier alpha value is -2.45. The molecule has 1 aliphatic heterocycles. The van der Waals surface area contributed by atoms with Crippen LogP contribution in [0.3, 0.4) is 0 Å². The van der Waals surface area contributed by atoms with Crippen molar-refractivity contribution in [2.24, 2.45) is 0 Å². The predicted octanol–water partition coefficient (Wildman–Crippen LogP) is 2.77. The number of para-hydroxylation sites is 1. The summed E-state index contributed by atoms with van der Waals surface area (Å²) in [7, 11) is 0. The van der Waals surface area contributed by atoms with Crippen molar-refractivity contribution in [3.63, 3.8) is 0 Å². The van der Waals surface area contributed by atoms with Crippen LogP contribution in [0.5, 0.6) is 0 Å². The number of rotatable bonds is 6. The summed E-state index contributed by atoms with van der Waals surface area (Å²) < 4.78 is 7.25. The fraction of sp³-hybridized carbons (Fsp3) is 0.286. The molecule has 0 radical (unpaired) electrons. The van der Waals surface area contributed by atoms with Crippen LogP contribution in [-0.4, -0.2) is 46.5 Å². The molecule has 30 heavy (non-hydrogen) atoms. The molecule has 0 aliphatic carbocycles. The Labute approximate surface area is 188 Å². The number of nitrogens with zero attached hydrogens (tertiary/aromatic N) is 3. The number of ether oxygens (including phenoxy) is 1. The molecule has 1 saturated heterocycles. The molecule has 0 spiro atoms. The molecule has 7 nitrogen and oxygen atoms in total. The van der Waals surface area contributed by atoms with Gasteiger partial charge in [-0.05, 0) is 24.3 Å². The predicted molar refractivity (Wildman–Crippen MR) is 120 cm³/mol. The van der Waals surface area contributed by atoms with Crippen LogP contribution in [0.25, 0.3) is 16.9 Å². The third-order valence-electron chi connectivity index (χ3n) is 4.67. The molecular weight excluding hydrogens is 425 g/mol. The van der Waals surface area contributed by atoms with E-state index in [-0.39, 0.29) is 36.8 Å². The Morgan fingerprint density at radius 2 is 1.93 bits per heavy atom. The van der Waals surface area contributed by atoms with E-state index in [0.29, 0.717) is 26.2 Å². The van der Waals surface area contributed by atoms with Crippen LogP contribution in [0.1, 0.15) is 12.0 Å². The van der Waals surface area contributed by atoms with Crippen LogP contribution in [0.2, 0.25) is 0 Å². The van der Waals surface area contributed by atoms with E-state index in [9.17, 15) is 4.79 Å². The first-order chi connectivity index (χ1) is 13.8. The largest absolute Gasteiger partial charge is 0.378 e. The first kappa shape index (κ1) is 23.8. The second-order valence-corrected chi connectivity index (χ2v) is 6.73. The second kappa shape index (κ2) is 11.7. The molecule has 0 saturated carbocycles. The van der Waals surface area contributed by atoms with Gasteiger partial charge in [0.25, 0.3) is 0 Å². The first-order valence-corrected chi connectivity index (χ1v) is 9.42.